The van der Waals surface area contributed by atoms with Gasteiger partial charge in [0.25, 0.3) is 5.91 Å². The molecule has 2 amide bonds. The van der Waals surface area contributed by atoms with Crippen LogP contribution in [0.1, 0.15) is 23.2 Å². The van der Waals surface area contributed by atoms with Gasteiger partial charge in [0.15, 0.2) is 0 Å². The minimum absolute atomic E-state index is 0.141. The number of pyridine rings is 1. The predicted molar refractivity (Wildman–Crippen MR) is 59.5 cm³/mol. The van der Waals surface area contributed by atoms with Gasteiger partial charge in [0.05, 0.1) is 0 Å². The van der Waals surface area contributed by atoms with E-state index in [0.29, 0.717) is 24.9 Å². The van der Waals surface area contributed by atoms with Crippen molar-refractivity contribution < 1.29 is 9.59 Å². The van der Waals surface area contributed by atoms with Crippen molar-refractivity contribution in [2.45, 2.75) is 12.8 Å². The van der Waals surface area contributed by atoms with Crippen molar-refractivity contribution in [1.29, 1.82) is 0 Å². The van der Waals surface area contributed by atoms with E-state index in [1.54, 1.807) is 0 Å². The molecule has 1 aromatic rings. The van der Waals surface area contributed by atoms with Crippen molar-refractivity contribution in [2.24, 2.45) is 0 Å². The summed E-state index contributed by atoms with van der Waals surface area (Å²) in [7, 11) is 0. The number of carbonyl (C=O) groups is 2. The van der Waals surface area contributed by atoms with E-state index in [-0.39, 0.29) is 22.1 Å². The summed E-state index contributed by atoms with van der Waals surface area (Å²) in [6.45, 7) is 0.454. The number of hydrogen-bond donors (Lipinski definition) is 0. The van der Waals surface area contributed by atoms with Crippen LogP contribution in [0.5, 0.6) is 0 Å². The Balaban J connectivity index is 2.30. The third kappa shape index (κ3) is 2.18. The average molecular weight is 259 g/mol. The zero-order valence-corrected chi connectivity index (χ0v) is 9.75. The normalized spacial score (nSPS) is 15.6. The summed E-state index contributed by atoms with van der Waals surface area (Å²) in [5.74, 6) is -0.525. The minimum Gasteiger partial charge on any atom is -0.278 e. The van der Waals surface area contributed by atoms with Crippen LogP contribution in [0.3, 0.4) is 0 Å². The summed E-state index contributed by atoms with van der Waals surface area (Å²) in [5, 5.41) is 0.282. The fourth-order valence-corrected chi connectivity index (χ4v) is 2.07. The first-order chi connectivity index (χ1) is 7.58. The lowest BCUT2D eigenvalue weighted by Crippen LogP contribution is -2.31. The number of amides is 2. The lowest BCUT2D eigenvalue weighted by molar-refractivity contribution is -0.125. The average Bonchev–Trinajstić information content (AvgIpc) is 2.62. The molecule has 1 aliphatic heterocycles. The maximum atomic E-state index is 11.9. The third-order valence-corrected chi connectivity index (χ3v) is 2.72. The number of aromatic nitrogens is 1. The van der Waals surface area contributed by atoms with Gasteiger partial charge in [-0.25, -0.2) is 4.98 Å². The SMILES string of the molecule is O=C1CCCN1C(=O)c1cc(Cl)nc(Cl)c1. The summed E-state index contributed by atoms with van der Waals surface area (Å²) in [6.07, 6.45) is 1.12. The molecule has 6 heteroatoms. The lowest BCUT2D eigenvalue weighted by atomic mass is 10.2. The van der Waals surface area contributed by atoms with Crippen molar-refractivity contribution in [3.8, 4) is 0 Å². The second kappa shape index (κ2) is 4.39. The number of hydrogen-bond acceptors (Lipinski definition) is 3. The minimum atomic E-state index is -0.367. The van der Waals surface area contributed by atoms with Crippen LogP contribution in [0.4, 0.5) is 0 Å². The highest BCUT2D eigenvalue weighted by molar-refractivity contribution is 6.33. The van der Waals surface area contributed by atoms with Crippen LogP contribution in [0.25, 0.3) is 0 Å². The van der Waals surface area contributed by atoms with Crippen molar-refractivity contribution in [1.82, 2.24) is 9.88 Å². The Morgan fingerprint density at radius 1 is 1.31 bits per heavy atom. The molecular weight excluding hydrogens is 251 g/mol. The van der Waals surface area contributed by atoms with E-state index >= 15 is 0 Å². The van der Waals surface area contributed by atoms with Crippen LogP contribution >= 0.6 is 23.2 Å². The van der Waals surface area contributed by atoms with Crippen molar-refractivity contribution in [3.05, 3.63) is 28.0 Å². The molecule has 0 radical (unpaired) electrons. The summed E-state index contributed by atoms with van der Waals surface area (Å²) in [5.41, 5.74) is 0.292. The molecule has 4 nitrogen and oxygen atoms in total. The number of nitrogens with zero attached hydrogens (tertiary/aromatic N) is 2. The highest BCUT2D eigenvalue weighted by Crippen LogP contribution is 2.19. The molecule has 0 N–H and O–H groups in total. The molecule has 84 valence electrons. The molecule has 0 saturated carbocycles. The number of likely N-dealkylation sites (tertiary alicyclic amines) is 1. The van der Waals surface area contributed by atoms with E-state index in [2.05, 4.69) is 4.98 Å². The Morgan fingerprint density at radius 3 is 2.44 bits per heavy atom. The summed E-state index contributed by atoms with van der Waals surface area (Å²) < 4.78 is 0. The first kappa shape index (κ1) is 11.4. The maximum absolute atomic E-state index is 11.9. The van der Waals surface area contributed by atoms with Crippen molar-refractivity contribution in [2.75, 3.05) is 6.54 Å². The van der Waals surface area contributed by atoms with Crippen LogP contribution in [-0.2, 0) is 4.79 Å². The molecule has 2 heterocycles. The van der Waals surface area contributed by atoms with Gasteiger partial charge in [-0.2, -0.15) is 0 Å². The molecule has 1 fully saturated rings. The van der Waals surface area contributed by atoms with Crippen LogP contribution in [-0.4, -0.2) is 28.2 Å². The summed E-state index contributed by atoms with van der Waals surface area (Å²) in [4.78, 5) is 28.3. The largest absolute Gasteiger partial charge is 0.278 e. The third-order valence-electron chi connectivity index (χ3n) is 2.33. The Morgan fingerprint density at radius 2 is 1.94 bits per heavy atom. The number of carbonyl (C=O) groups excluding carboxylic acids is 2. The summed E-state index contributed by atoms with van der Waals surface area (Å²) in [6, 6.07) is 2.81. The van der Waals surface area contributed by atoms with Gasteiger partial charge >= 0.3 is 0 Å². The smallest absolute Gasteiger partial charge is 0.260 e. The molecule has 0 bridgehead atoms. The maximum Gasteiger partial charge on any atom is 0.260 e. The van der Waals surface area contributed by atoms with Crippen molar-refractivity contribution in [3.63, 3.8) is 0 Å². The van der Waals surface area contributed by atoms with Crippen LogP contribution in [0.15, 0.2) is 12.1 Å². The molecule has 16 heavy (non-hydrogen) atoms. The Hall–Kier alpha value is -1.13. The molecule has 0 atom stereocenters. The van der Waals surface area contributed by atoms with Gasteiger partial charge < -0.3 is 0 Å². The fourth-order valence-electron chi connectivity index (χ4n) is 1.61. The first-order valence-corrected chi connectivity index (χ1v) is 5.51. The van der Waals surface area contributed by atoms with E-state index in [9.17, 15) is 9.59 Å². The highest BCUT2D eigenvalue weighted by Gasteiger charge is 2.27. The fraction of sp³-hybridized carbons (Fsp3) is 0.300. The first-order valence-electron chi connectivity index (χ1n) is 4.76. The quantitative estimate of drug-likeness (QED) is 0.573. The van der Waals surface area contributed by atoms with Crippen LogP contribution in [0.2, 0.25) is 10.3 Å². The molecule has 0 aromatic carbocycles. The van der Waals surface area contributed by atoms with Gasteiger partial charge in [0, 0.05) is 18.5 Å². The van der Waals surface area contributed by atoms with Gasteiger partial charge in [0.2, 0.25) is 5.91 Å². The van der Waals surface area contributed by atoms with E-state index in [1.807, 2.05) is 0 Å². The van der Waals surface area contributed by atoms with Crippen LogP contribution < -0.4 is 0 Å². The monoisotopic (exact) mass is 258 g/mol. The molecule has 1 aliphatic rings. The topological polar surface area (TPSA) is 50.3 Å². The van der Waals surface area contributed by atoms with E-state index in [4.69, 9.17) is 23.2 Å². The Bertz CT molecular complexity index is 442. The van der Waals surface area contributed by atoms with E-state index < -0.39 is 0 Å². The number of rotatable bonds is 1. The van der Waals surface area contributed by atoms with Gasteiger partial charge in [-0.15, -0.1) is 0 Å². The van der Waals surface area contributed by atoms with E-state index in [0.717, 1.165) is 0 Å². The predicted octanol–water partition coefficient (Wildman–Crippen LogP) is 2.15. The van der Waals surface area contributed by atoms with E-state index in [1.165, 1.54) is 17.0 Å². The molecule has 0 spiro atoms. The molecule has 0 aliphatic carbocycles. The molecular formula is C10H8Cl2N2O2. The van der Waals surface area contributed by atoms with Gasteiger partial charge in [-0.05, 0) is 18.6 Å². The van der Waals surface area contributed by atoms with Gasteiger partial charge in [-0.1, -0.05) is 23.2 Å². The van der Waals surface area contributed by atoms with Gasteiger partial charge in [0.1, 0.15) is 10.3 Å². The molecule has 2 rings (SSSR count). The van der Waals surface area contributed by atoms with Crippen LogP contribution in [0, 0.1) is 0 Å². The van der Waals surface area contributed by atoms with Gasteiger partial charge in [-0.3, -0.25) is 14.5 Å². The second-order valence-electron chi connectivity index (χ2n) is 3.46. The van der Waals surface area contributed by atoms with Crippen molar-refractivity contribution >= 4 is 35.0 Å². The number of imide groups is 1. The number of halogens is 2. The zero-order chi connectivity index (χ0) is 11.7. The zero-order valence-electron chi connectivity index (χ0n) is 8.24. The standard InChI is InChI=1S/C10H8Cl2N2O2/c11-7-4-6(5-8(12)13-7)10(16)14-3-1-2-9(14)15/h4-5H,1-3H2. The molecule has 0 unspecified atom stereocenters. The second-order valence-corrected chi connectivity index (χ2v) is 4.23. The Labute approximate surface area is 102 Å². The highest BCUT2D eigenvalue weighted by atomic mass is 35.5. The molecule has 1 aromatic heterocycles. The summed E-state index contributed by atoms with van der Waals surface area (Å²) >= 11 is 11.4. The lowest BCUT2D eigenvalue weighted by Gasteiger charge is -2.13. The Kier molecular flexibility index (Phi) is 3.12. The molecule has 1 saturated heterocycles.